The fourth-order valence-electron chi connectivity index (χ4n) is 3.09. The summed E-state index contributed by atoms with van der Waals surface area (Å²) >= 11 is 5.27. The number of hydrogen-bond donors (Lipinski definition) is 3. The Kier molecular flexibility index (Phi) is 5.20. The highest BCUT2D eigenvalue weighted by Crippen LogP contribution is 2.33. The molecular weight excluding hydrogens is 398 g/mol. The number of benzene rings is 3. The van der Waals surface area contributed by atoms with Crippen LogP contribution >= 0.6 is 12.2 Å². The third kappa shape index (κ3) is 4.01. The predicted molar refractivity (Wildman–Crippen MR) is 121 cm³/mol. The highest BCUT2D eigenvalue weighted by molar-refractivity contribution is 7.80. The number of anilines is 1. The first-order valence-electron chi connectivity index (χ1n) is 9.29. The van der Waals surface area contributed by atoms with Gasteiger partial charge >= 0.3 is 0 Å². The summed E-state index contributed by atoms with van der Waals surface area (Å²) in [7, 11) is 0. The van der Waals surface area contributed by atoms with Crippen molar-refractivity contribution in [2.24, 2.45) is 0 Å². The second kappa shape index (κ2) is 7.96. The van der Waals surface area contributed by atoms with Gasteiger partial charge < -0.3 is 14.8 Å². The lowest BCUT2D eigenvalue weighted by Gasteiger charge is -2.12. The van der Waals surface area contributed by atoms with Crippen molar-refractivity contribution in [1.82, 2.24) is 10.3 Å². The predicted octanol–water partition coefficient (Wildman–Crippen LogP) is 4.94. The van der Waals surface area contributed by atoms with E-state index in [-0.39, 0.29) is 16.8 Å². The molecule has 3 N–H and O–H groups in total. The van der Waals surface area contributed by atoms with Crippen LogP contribution in [0.15, 0.2) is 65.1 Å². The fourth-order valence-corrected chi connectivity index (χ4v) is 3.30. The van der Waals surface area contributed by atoms with Crippen LogP contribution in [0.4, 0.5) is 5.69 Å². The van der Waals surface area contributed by atoms with Crippen molar-refractivity contribution in [2.45, 2.75) is 13.8 Å². The van der Waals surface area contributed by atoms with Crippen molar-refractivity contribution in [2.75, 3.05) is 5.32 Å². The zero-order valence-electron chi connectivity index (χ0n) is 16.4. The zero-order chi connectivity index (χ0) is 21.3. The molecule has 0 bridgehead atoms. The van der Waals surface area contributed by atoms with Gasteiger partial charge in [-0.15, -0.1) is 0 Å². The number of rotatable bonds is 3. The molecule has 4 aromatic rings. The van der Waals surface area contributed by atoms with Crippen LogP contribution < -0.4 is 10.6 Å². The number of oxazole rings is 1. The second-order valence-electron chi connectivity index (χ2n) is 6.95. The van der Waals surface area contributed by atoms with Crippen molar-refractivity contribution in [3.63, 3.8) is 0 Å². The van der Waals surface area contributed by atoms with Crippen LogP contribution in [0.5, 0.6) is 5.75 Å². The number of aromatic nitrogens is 1. The molecule has 0 unspecified atom stereocenters. The number of carbonyl (C=O) groups excluding carboxylic acids is 1. The molecule has 30 heavy (non-hydrogen) atoms. The van der Waals surface area contributed by atoms with E-state index in [9.17, 15) is 9.90 Å². The van der Waals surface area contributed by atoms with E-state index in [0.717, 1.165) is 11.1 Å². The summed E-state index contributed by atoms with van der Waals surface area (Å²) in [4.78, 5) is 16.9. The van der Waals surface area contributed by atoms with Crippen LogP contribution in [0.1, 0.15) is 21.5 Å². The summed E-state index contributed by atoms with van der Waals surface area (Å²) in [6.07, 6.45) is 0. The minimum absolute atomic E-state index is 0.0266. The summed E-state index contributed by atoms with van der Waals surface area (Å²) < 4.78 is 5.81. The van der Waals surface area contributed by atoms with Crippen LogP contribution in [0.25, 0.3) is 22.6 Å². The standard InChI is InChI=1S/C23H19N3O3S/c1-13-7-9-18-20(11-13)29-22(25-18)17-12-15(8-10-19(17)27)24-23(30)26-21(28)16-6-4-3-5-14(16)2/h3-12,27H,1-2H3,(H2,24,26,28,30). The zero-order valence-corrected chi connectivity index (χ0v) is 17.2. The van der Waals surface area contributed by atoms with E-state index in [1.54, 1.807) is 24.3 Å². The Morgan fingerprint density at radius 1 is 1.07 bits per heavy atom. The molecule has 1 aromatic heterocycles. The number of aryl methyl sites for hydroxylation is 2. The molecule has 0 saturated heterocycles. The van der Waals surface area contributed by atoms with E-state index in [0.29, 0.717) is 33.8 Å². The normalized spacial score (nSPS) is 10.7. The summed E-state index contributed by atoms with van der Waals surface area (Å²) in [6, 6.07) is 17.8. The van der Waals surface area contributed by atoms with Crippen LogP contribution in [0.2, 0.25) is 0 Å². The Hall–Kier alpha value is -3.71. The van der Waals surface area contributed by atoms with E-state index < -0.39 is 0 Å². The van der Waals surface area contributed by atoms with Gasteiger partial charge in [-0.05, 0) is 73.6 Å². The van der Waals surface area contributed by atoms with Gasteiger partial charge in [0.15, 0.2) is 10.7 Å². The Morgan fingerprint density at radius 2 is 1.87 bits per heavy atom. The topological polar surface area (TPSA) is 87.4 Å². The number of hydrogen-bond acceptors (Lipinski definition) is 5. The fraction of sp³-hybridized carbons (Fsp3) is 0.0870. The number of aromatic hydroxyl groups is 1. The molecule has 0 radical (unpaired) electrons. The van der Waals surface area contributed by atoms with E-state index in [1.165, 1.54) is 6.07 Å². The molecule has 0 fully saturated rings. The van der Waals surface area contributed by atoms with Crippen molar-refractivity contribution >= 4 is 40.0 Å². The number of fused-ring (bicyclic) bond motifs is 1. The van der Waals surface area contributed by atoms with Gasteiger partial charge in [0.2, 0.25) is 5.89 Å². The van der Waals surface area contributed by atoms with Crippen molar-refractivity contribution < 1.29 is 14.3 Å². The summed E-state index contributed by atoms with van der Waals surface area (Å²) in [5, 5.41) is 16.1. The summed E-state index contributed by atoms with van der Waals surface area (Å²) in [6.45, 7) is 3.83. The number of phenols is 1. The van der Waals surface area contributed by atoms with Gasteiger partial charge in [0, 0.05) is 11.3 Å². The Bertz CT molecular complexity index is 1280. The average Bonchev–Trinajstić information content (AvgIpc) is 3.12. The van der Waals surface area contributed by atoms with Crippen LogP contribution in [0.3, 0.4) is 0 Å². The first-order valence-corrected chi connectivity index (χ1v) is 9.70. The quantitative estimate of drug-likeness (QED) is 0.323. The van der Waals surface area contributed by atoms with Gasteiger partial charge in [0.25, 0.3) is 5.91 Å². The monoisotopic (exact) mass is 417 g/mol. The van der Waals surface area contributed by atoms with Gasteiger partial charge in [-0.1, -0.05) is 24.3 Å². The molecule has 6 nitrogen and oxygen atoms in total. The van der Waals surface area contributed by atoms with Crippen LogP contribution in [-0.4, -0.2) is 21.1 Å². The maximum absolute atomic E-state index is 12.4. The lowest BCUT2D eigenvalue weighted by molar-refractivity contribution is 0.0977. The average molecular weight is 417 g/mol. The molecule has 1 heterocycles. The third-order valence-corrected chi connectivity index (χ3v) is 4.85. The first-order chi connectivity index (χ1) is 14.4. The van der Waals surface area contributed by atoms with Crippen LogP contribution in [0, 0.1) is 13.8 Å². The van der Waals surface area contributed by atoms with Gasteiger partial charge in [0.05, 0.1) is 5.56 Å². The maximum Gasteiger partial charge on any atom is 0.257 e. The molecule has 0 saturated carbocycles. The van der Waals surface area contributed by atoms with E-state index in [1.807, 2.05) is 44.2 Å². The molecule has 7 heteroatoms. The lowest BCUT2D eigenvalue weighted by Crippen LogP contribution is -2.34. The highest BCUT2D eigenvalue weighted by atomic mass is 32.1. The van der Waals surface area contributed by atoms with Gasteiger partial charge in [-0.25, -0.2) is 4.98 Å². The number of nitrogens with one attached hydrogen (secondary N) is 2. The number of phenolic OH excluding ortho intramolecular Hbond substituents is 1. The molecule has 0 spiro atoms. The molecular formula is C23H19N3O3S. The molecule has 0 aliphatic heterocycles. The SMILES string of the molecule is Cc1ccc2nc(-c3cc(NC(=S)NC(=O)c4ccccc4C)ccc3O)oc2c1. The Balaban J connectivity index is 1.54. The summed E-state index contributed by atoms with van der Waals surface area (Å²) in [5.41, 5.74) is 4.81. The smallest absolute Gasteiger partial charge is 0.257 e. The van der Waals surface area contributed by atoms with E-state index in [2.05, 4.69) is 15.6 Å². The van der Waals surface area contributed by atoms with Gasteiger partial charge in [-0.3, -0.25) is 10.1 Å². The minimum atomic E-state index is -0.293. The van der Waals surface area contributed by atoms with Crippen molar-refractivity contribution in [1.29, 1.82) is 0 Å². The highest BCUT2D eigenvalue weighted by Gasteiger charge is 2.15. The Labute approximate surface area is 178 Å². The van der Waals surface area contributed by atoms with E-state index >= 15 is 0 Å². The molecule has 3 aromatic carbocycles. The largest absolute Gasteiger partial charge is 0.507 e. The van der Waals surface area contributed by atoms with Gasteiger partial charge in [-0.2, -0.15) is 0 Å². The van der Waals surface area contributed by atoms with Crippen molar-refractivity contribution in [3.05, 3.63) is 77.4 Å². The molecule has 0 aliphatic carbocycles. The maximum atomic E-state index is 12.4. The molecule has 0 atom stereocenters. The number of amides is 1. The van der Waals surface area contributed by atoms with Crippen LogP contribution in [-0.2, 0) is 0 Å². The molecule has 0 aliphatic rings. The molecule has 4 rings (SSSR count). The number of carbonyl (C=O) groups is 1. The molecule has 1 amide bonds. The Morgan fingerprint density at radius 3 is 2.67 bits per heavy atom. The number of thiocarbonyl (C=S) groups is 1. The first kappa shape index (κ1) is 19.6. The van der Waals surface area contributed by atoms with Gasteiger partial charge in [0.1, 0.15) is 11.3 Å². The number of nitrogens with zero attached hydrogens (tertiary/aromatic N) is 1. The minimum Gasteiger partial charge on any atom is -0.507 e. The summed E-state index contributed by atoms with van der Waals surface area (Å²) in [5.74, 6) is 0.0317. The second-order valence-corrected chi connectivity index (χ2v) is 7.35. The lowest BCUT2D eigenvalue weighted by atomic mass is 10.1. The molecule has 150 valence electrons. The van der Waals surface area contributed by atoms with E-state index in [4.69, 9.17) is 16.6 Å². The third-order valence-electron chi connectivity index (χ3n) is 4.65. The van der Waals surface area contributed by atoms with Crippen molar-refractivity contribution in [3.8, 4) is 17.2 Å².